The lowest BCUT2D eigenvalue weighted by Crippen LogP contribution is -2.35. The van der Waals surface area contributed by atoms with Crippen LogP contribution in [0.2, 0.25) is 0 Å². The van der Waals surface area contributed by atoms with Crippen LogP contribution in [0.25, 0.3) is 0 Å². The molecule has 0 heterocycles. The van der Waals surface area contributed by atoms with E-state index in [0.717, 1.165) is 31.6 Å². The first-order chi connectivity index (χ1) is 8.14. The fraction of sp³-hybridized carbons (Fsp3) is 0.800. The third-order valence-electron chi connectivity index (χ3n) is 4.23. The van der Waals surface area contributed by atoms with E-state index in [1.807, 2.05) is 19.1 Å². The molecule has 0 atom stereocenters. The van der Waals surface area contributed by atoms with E-state index in [2.05, 4.69) is 6.92 Å². The van der Waals surface area contributed by atoms with Gasteiger partial charge in [0.05, 0.1) is 5.41 Å². The lowest BCUT2D eigenvalue weighted by atomic mass is 9.67. The van der Waals surface area contributed by atoms with Crippen LogP contribution in [-0.2, 0) is 4.79 Å². The van der Waals surface area contributed by atoms with Gasteiger partial charge in [0.1, 0.15) is 0 Å². The van der Waals surface area contributed by atoms with Crippen molar-refractivity contribution in [3.8, 4) is 0 Å². The number of allylic oxidation sites excluding steroid dienone is 2. The molecule has 0 aromatic carbocycles. The van der Waals surface area contributed by atoms with Gasteiger partial charge < -0.3 is 5.11 Å². The van der Waals surface area contributed by atoms with Crippen molar-refractivity contribution in [2.24, 2.45) is 11.3 Å². The van der Waals surface area contributed by atoms with Crippen molar-refractivity contribution in [2.75, 3.05) is 0 Å². The molecule has 1 saturated carbocycles. The second-order valence-corrected chi connectivity index (χ2v) is 5.44. The predicted molar refractivity (Wildman–Crippen MR) is 71.0 cm³/mol. The van der Waals surface area contributed by atoms with Crippen LogP contribution in [0.5, 0.6) is 0 Å². The largest absolute Gasteiger partial charge is 0.481 e. The Hall–Kier alpha value is -0.790. The maximum Gasteiger partial charge on any atom is 0.309 e. The van der Waals surface area contributed by atoms with Crippen LogP contribution in [0.4, 0.5) is 0 Å². The first kappa shape index (κ1) is 14.3. The summed E-state index contributed by atoms with van der Waals surface area (Å²) in [6, 6.07) is 0. The van der Waals surface area contributed by atoms with Gasteiger partial charge in [-0.25, -0.2) is 0 Å². The van der Waals surface area contributed by atoms with E-state index in [1.54, 1.807) is 0 Å². The molecule has 0 spiro atoms. The van der Waals surface area contributed by atoms with Crippen LogP contribution >= 0.6 is 0 Å². The zero-order valence-corrected chi connectivity index (χ0v) is 11.2. The van der Waals surface area contributed by atoms with Gasteiger partial charge in [-0.1, -0.05) is 38.3 Å². The maximum atomic E-state index is 11.5. The van der Waals surface area contributed by atoms with E-state index in [4.69, 9.17) is 0 Å². The maximum absolute atomic E-state index is 11.5. The number of hydrogen-bond acceptors (Lipinski definition) is 1. The smallest absolute Gasteiger partial charge is 0.309 e. The topological polar surface area (TPSA) is 37.3 Å². The van der Waals surface area contributed by atoms with Gasteiger partial charge in [-0.3, -0.25) is 4.79 Å². The quantitative estimate of drug-likeness (QED) is 0.696. The fourth-order valence-corrected chi connectivity index (χ4v) is 2.86. The van der Waals surface area contributed by atoms with E-state index < -0.39 is 11.4 Å². The summed E-state index contributed by atoms with van der Waals surface area (Å²) in [6.45, 7) is 4.18. The molecule has 1 aliphatic rings. The first-order valence-electron chi connectivity index (χ1n) is 6.99. The van der Waals surface area contributed by atoms with Crippen LogP contribution in [0.15, 0.2) is 12.2 Å². The molecule has 98 valence electrons. The molecule has 1 aliphatic carbocycles. The second kappa shape index (κ2) is 6.83. The van der Waals surface area contributed by atoms with Gasteiger partial charge in [-0.05, 0) is 44.9 Å². The van der Waals surface area contributed by atoms with Gasteiger partial charge in [0.2, 0.25) is 0 Å². The highest BCUT2D eigenvalue weighted by Crippen LogP contribution is 2.43. The molecule has 0 bridgehead atoms. The van der Waals surface area contributed by atoms with Crippen molar-refractivity contribution in [1.29, 1.82) is 0 Å². The van der Waals surface area contributed by atoms with Crippen molar-refractivity contribution in [2.45, 2.75) is 65.2 Å². The highest BCUT2D eigenvalue weighted by atomic mass is 16.4. The zero-order chi connectivity index (χ0) is 12.7. The summed E-state index contributed by atoms with van der Waals surface area (Å²) in [5.74, 6) is 0.178. The molecule has 1 rings (SSSR count). The van der Waals surface area contributed by atoms with Crippen molar-refractivity contribution in [1.82, 2.24) is 0 Å². The molecule has 2 heteroatoms. The second-order valence-electron chi connectivity index (χ2n) is 5.44. The molecule has 17 heavy (non-hydrogen) atoms. The number of rotatable bonds is 6. The van der Waals surface area contributed by atoms with Gasteiger partial charge in [-0.15, -0.1) is 0 Å². The Bertz CT molecular complexity index is 260. The molecule has 0 aliphatic heterocycles. The molecule has 0 aromatic rings. The molecule has 0 unspecified atom stereocenters. The van der Waals surface area contributed by atoms with Crippen LogP contribution in [0, 0.1) is 11.3 Å². The van der Waals surface area contributed by atoms with Gasteiger partial charge in [0, 0.05) is 0 Å². The molecule has 0 saturated heterocycles. The van der Waals surface area contributed by atoms with Gasteiger partial charge >= 0.3 is 5.97 Å². The minimum absolute atomic E-state index is 0.463. The fourth-order valence-electron chi connectivity index (χ4n) is 2.86. The summed E-state index contributed by atoms with van der Waals surface area (Å²) >= 11 is 0. The lowest BCUT2D eigenvalue weighted by Gasteiger charge is -2.36. The van der Waals surface area contributed by atoms with Gasteiger partial charge in [0.25, 0.3) is 0 Å². The lowest BCUT2D eigenvalue weighted by molar-refractivity contribution is -0.151. The SMILES string of the molecule is CC=CCC1(C(=O)O)CCC(CCCC)CC1. The van der Waals surface area contributed by atoms with Crippen LogP contribution in [-0.4, -0.2) is 11.1 Å². The molecule has 1 fully saturated rings. The van der Waals surface area contributed by atoms with Crippen molar-refractivity contribution >= 4 is 5.97 Å². The molecule has 1 N–H and O–H groups in total. The van der Waals surface area contributed by atoms with Gasteiger partial charge in [0.15, 0.2) is 0 Å². The number of carboxylic acids is 1. The number of hydrogen-bond donors (Lipinski definition) is 1. The minimum atomic E-state index is -0.593. The number of unbranched alkanes of at least 4 members (excludes halogenated alkanes) is 1. The van der Waals surface area contributed by atoms with E-state index in [0.29, 0.717) is 6.42 Å². The Morgan fingerprint density at radius 3 is 2.53 bits per heavy atom. The summed E-state index contributed by atoms with van der Waals surface area (Å²) in [4.78, 5) is 11.5. The van der Waals surface area contributed by atoms with Gasteiger partial charge in [-0.2, -0.15) is 0 Å². The summed E-state index contributed by atoms with van der Waals surface area (Å²) in [7, 11) is 0. The summed E-state index contributed by atoms with van der Waals surface area (Å²) in [5, 5.41) is 9.44. The van der Waals surface area contributed by atoms with E-state index >= 15 is 0 Å². The normalized spacial score (nSPS) is 29.6. The molecular formula is C15H26O2. The number of carbonyl (C=O) groups is 1. The molecule has 0 amide bonds. The number of carboxylic acid groups (broad SMARTS) is 1. The average molecular weight is 238 g/mol. The molecular weight excluding hydrogens is 212 g/mol. The van der Waals surface area contributed by atoms with Crippen LogP contribution in [0.3, 0.4) is 0 Å². The van der Waals surface area contributed by atoms with Crippen molar-refractivity contribution in [3.63, 3.8) is 0 Å². The Balaban J connectivity index is 2.52. The summed E-state index contributed by atoms with van der Waals surface area (Å²) < 4.78 is 0. The molecule has 2 nitrogen and oxygen atoms in total. The monoisotopic (exact) mass is 238 g/mol. The van der Waals surface area contributed by atoms with E-state index in [9.17, 15) is 9.90 Å². The van der Waals surface area contributed by atoms with Crippen LogP contribution in [0.1, 0.15) is 65.2 Å². The third-order valence-corrected chi connectivity index (χ3v) is 4.23. The Morgan fingerprint density at radius 1 is 1.41 bits per heavy atom. The first-order valence-corrected chi connectivity index (χ1v) is 6.99. The summed E-state index contributed by atoms with van der Waals surface area (Å²) in [6.07, 6.45) is 12.4. The van der Waals surface area contributed by atoms with Crippen molar-refractivity contribution < 1.29 is 9.90 Å². The Morgan fingerprint density at radius 2 is 2.06 bits per heavy atom. The number of aliphatic carboxylic acids is 1. The zero-order valence-electron chi connectivity index (χ0n) is 11.2. The molecule has 0 radical (unpaired) electrons. The highest BCUT2D eigenvalue weighted by Gasteiger charge is 2.40. The van der Waals surface area contributed by atoms with Crippen molar-refractivity contribution in [3.05, 3.63) is 12.2 Å². The summed E-state index contributed by atoms with van der Waals surface area (Å²) in [5.41, 5.74) is -0.463. The highest BCUT2D eigenvalue weighted by molar-refractivity contribution is 5.75. The standard InChI is InChI=1S/C15H26O2/c1-3-5-7-13-8-11-15(12-9-13,14(16)17)10-6-4-2/h4,6,13H,3,5,7-12H2,1-2H3,(H,16,17). The average Bonchev–Trinajstić information content (AvgIpc) is 2.35. The predicted octanol–water partition coefficient (Wildman–Crippen LogP) is 4.40. The Labute approximate surface area is 105 Å². The molecule has 0 aromatic heterocycles. The van der Waals surface area contributed by atoms with Crippen LogP contribution < -0.4 is 0 Å². The van der Waals surface area contributed by atoms with E-state index in [1.165, 1.54) is 19.3 Å². The third kappa shape index (κ3) is 3.86. The minimum Gasteiger partial charge on any atom is -0.481 e. The Kier molecular flexibility index (Phi) is 5.73. The van der Waals surface area contributed by atoms with E-state index in [-0.39, 0.29) is 0 Å².